The predicted molar refractivity (Wildman–Crippen MR) is 76.2 cm³/mol. The Morgan fingerprint density at radius 3 is 2.71 bits per heavy atom. The second-order valence-electron chi connectivity index (χ2n) is 5.94. The standard InChI is InChI=1S/C14H16F3N5O2/c1-9-18-12(24-21-9)7-13(23)5-2-6-22(8-13)11-4-3-10(19-20-11)14(15,16)17/h3-4,23H,2,5-8H2,1H3. The van der Waals surface area contributed by atoms with Crippen molar-refractivity contribution < 1.29 is 22.8 Å². The SMILES string of the molecule is Cc1noc(CC2(O)CCCN(c3ccc(C(F)(F)F)nn3)C2)n1. The zero-order valence-electron chi connectivity index (χ0n) is 12.9. The number of halogens is 3. The molecule has 0 aliphatic carbocycles. The summed E-state index contributed by atoms with van der Waals surface area (Å²) in [4.78, 5) is 5.79. The van der Waals surface area contributed by atoms with Gasteiger partial charge in [-0.1, -0.05) is 5.16 Å². The molecule has 2 aromatic rings. The first-order chi connectivity index (χ1) is 11.3. The molecule has 3 heterocycles. The molecule has 1 fully saturated rings. The van der Waals surface area contributed by atoms with Crippen molar-refractivity contribution in [3.63, 3.8) is 0 Å². The topological polar surface area (TPSA) is 88.2 Å². The van der Waals surface area contributed by atoms with Gasteiger partial charge in [-0.2, -0.15) is 18.2 Å². The molecule has 0 amide bonds. The number of hydrogen-bond acceptors (Lipinski definition) is 7. The van der Waals surface area contributed by atoms with Gasteiger partial charge in [0.15, 0.2) is 17.3 Å². The lowest BCUT2D eigenvalue weighted by Crippen LogP contribution is -2.50. The van der Waals surface area contributed by atoms with Gasteiger partial charge in [-0.05, 0) is 31.9 Å². The van der Waals surface area contributed by atoms with Crippen molar-refractivity contribution in [3.8, 4) is 0 Å². The van der Waals surface area contributed by atoms with Gasteiger partial charge in [-0.3, -0.25) is 0 Å². The highest BCUT2D eigenvalue weighted by Gasteiger charge is 2.37. The largest absolute Gasteiger partial charge is 0.435 e. The molecule has 0 spiro atoms. The van der Waals surface area contributed by atoms with E-state index in [1.165, 1.54) is 6.07 Å². The van der Waals surface area contributed by atoms with Crippen LogP contribution in [-0.4, -0.2) is 44.1 Å². The van der Waals surface area contributed by atoms with Crippen molar-refractivity contribution in [2.45, 2.75) is 38.0 Å². The minimum absolute atomic E-state index is 0.179. The van der Waals surface area contributed by atoms with E-state index in [9.17, 15) is 18.3 Å². The third-order valence-corrected chi connectivity index (χ3v) is 3.87. The minimum atomic E-state index is -4.52. The van der Waals surface area contributed by atoms with Crippen molar-refractivity contribution in [2.75, 3.05) is 18.0 Å². The van der Waals surface area contributed by atoms with E-state index < -0.39 is 17.5 Å². The van der Waals surface area contributed by atoms with E-state index >= 15 is 0 Å². The lowest BCUT2D eigenvalue weighted by molar-refractivity contribution is -0.141. The smallest absolute Gasteiger partial charge is 0.388 e. The van der Waals surface area contributed by atoms with Crippen LogP contribution in [-0.2, 0) is 12.6 Å². The van der Waals surface area contributed by atoms with E-state index in [1.807, 2.05) is 0 Å². The Labute approximate surface area is 135 Å². The molecule has 1 aliphatic heterocycles. The molecule has 24 heavy (non-hydrogen) atoms. The Morgan fingerprint density at radius 1 is 1.33 bits per heavy atom. The van der Waals surface area contributed by atoms with Gasteiger partial charge >= 0.3 is 6.18 Å². The molecule has 0 saturated carbocycles. The number of alkyl halides is 3. The van der Waals surface area contributed by atoms with Crippen molar-refractivity contribution in [2.24, 2.45) is 0 Å². The summed E-state index contributed by atoms with van der Waals surface area (Å²) < 4.78 is 42.7. The molecule has 2 aromatic heterocycles. The van der Waals surface area contributed by atoms with E-state index in [0.29, 0.717) is 36.9 Å². The van der Waals surface area contributed by atoms with E-state index in [0.717, 1.165) is 6.07 Å². The monoisotopic (exact) mass is 343 g/mol. The van der Waals surface area contributed by atoms with Gasteiger partial charge in [0.2, 0.25) is 5.89 Å². The van der Waals surface area contributed by atoms with Crippen LogP contribution in [0.1, 0.15) is 30.3 Å². The molecule has 1 atom stereocenters. The molecule has 1 aliphatic rings. The summed E-state index contributed by atoms with van der Waals surface area (Å²) in [6, 6.07) is 2.15. The number of hydrogen-bond donors (Lipinski definition) is 1. The quantitative estimate of drug-likeness (QED) is 0.908. The van der Waals surface area contributed by atoms with E-state index in [1.54, 1.807) is 11.8 Å². The Balaban J connectivity index is 1.73. The van der Waals surface area contributed by atoms with Crippen LogP contribution in [0.4, 0.5) is 19.0 Å². The number of aliphatic hydroxyl groups is 1. The van der Waals surface area contributed by atoms with E-state index in [-0.39, 0.29) is 13.0 Å². The number of rotatable bonds is 3. The summed E-state index contributed by atoms with van der Waals surface area (Å²) in [5.74, 6) is 1.10. The fraction of sp³-hybridized carbons (Fsp3) is 0.571. The molecule has 0 radical (unpaired) electrons. The average Bonchev–Trinajstić information content (AvgIpc) is 2.91. The van der Waals surface area contributed by atoms with Crippen LogP contribution in [0.5, 0.6) is 0 Å². The normalized spacial score (nSPS) is 22.0. The highest BCUT2D eigenvalue weighted by molar-refractivity contribution is 5.39. The summed E-state index contributed by atoms with van der Waals surface area (Å²) in [6.07, 6.45) is -3.16. The number of anilines is 1. The maximum absolute atomic E-state index is 12.5. The van der Waals surface area contributed by atoms with Gasteiger partial charge in [0.05, 0.1) is 12.0 Å². The molecule has 7 nitrogen and oxygen atoms in total. The third kappa shape index (κ3) is 3.64. The number of aryl methyl sites for hydroxylation is 1. The number of β-amino-alcohol motifs (C(OH)–C–C–N with tert-alkyl or cyclic N) is 1. The molecule has 10 heteroatoms. The van der Waals surface area contributed by atoms with E-state index in [2.05, 4.69) is 20.3 Å². The maximum atomic E-state index is 12.5. The lowest BCUT2D eigenvalue weighted by atomic mass is 9.89. The molecular formula is C14H16F3N5O2. The third-order valence-electron chi connectivity index (χ3n) is 3.87. The average molecular weight is 343 g/mol. The zero-order valence-corrected chi connectivity index (χ0v) is 12.9. The van der Waals surface area contributed by atoms with Gasteiger partial charge in [-0.25, -0.2) is 0 Å². The van der Waals surface area contributed by atoms with Gasteiger partial charge < -0.3 is 14.5 Å². The van der Waals surface area contributed by atoms with Crippen molar-refractivity contribution in [1.82, 2.24) is 20.3 Å². The van der Waals surface area contributed by atoms with Crippen LogP contribution >= 0.6 is 0 Å². The van der Waals surface area contributed by atoms with Gasteiger partial charge in [-0.15, -0.1) is 10.2 Å². The number of aromatic nitrogens is 4. The molecule has 130 valence electrons. The summed E-state index contributed by atoms with van der Waals surface area (Å²) in [6.45, 7) is 2.46. The Hall–Kier alpha value is -2.23. The highest BCUT2D eigenvalue weighted by Crippen LogP contribution is 2.30. The van der Waals surface area contributed by atoms with Crippen LogP contribution in [0, 0.1) is 6.92 Å². The first kappa shape index (κ1) is 16.6. The summed E-state index contributed by atoms with van der Waals surface area (Å²) >= 11 is 0. The summed E-state index contributed by atoms with van der Waals surface area (Å²) in [5, 5.41) is 21.3. The second kappa shape index (κ2) is 6.00. The fourth-order valence-corrected chi connectivity index (χ4v) is 2.79. The van der Waals surface area contributed by atoms with Crippen LogP contribution in [0.3, 0.4) is 0 Å². The van der Waals surface area contributed by atoms with Gasteiger partial charge in [0.1, 0.15) is 0 Å². The molecule has 1 unspecified atom stereocenters. The minimum Gasteiger partial charge on any atom is -0.388 e. The van der Waals surface area contributed by atoms with Crippen LogP contribution in [0.15, 0.2) is 16.7 Å². The van der Waals surface area contributed by atoms with Crippen molar-refractivity contribution in [3.05, 3.63) is 29.5 Å². The number of nitrogens with zero attached hydrogens (tertiary/aromatic N) is 5. The Bertz CT molecular complexity index is 703. The molecule has 3 rings (SSSR count). The lowest BCUT2D eigenvalue weighted by Gasteiger charge is -2.39. The van der Waals surface area contributed by atoms with Crippen molar-refractivity contribution >= 4 is 5.82 Å². The Kier molecular flexibility index (Phi) is 4.16. The molecule has 1 saturated heterocycles. The molecular weight excluding hydrogens is 327 g/mol. The molecule has 0 aromatic carbocycles. The van der Waals surface area contributed by atoms with Crippen LogP contribution in [0.2, 0.25) is 0 Å². The molecule has 1 N–H and O–H groups in total. The first-order valence-corrected chi connectivity index (χ1v) is 7.43. The van der Waals surface area contributed by atoms with Gasteiger partial charge in [0.25, 0.3) is 0 Å². The first-order valence-electron chi connectivity index (χ1n) is 7.43. The van der Waals surface area contributed by atoms with Crippen molar-refractivity contribution in [1.29, 1.82) is 0 Å². The Morgan fingerprint density at radius 2 is 2.12 bits per heavy atom. The van der Waals surface area contributed by atoms with Crippen LogP contribution < -0.4 is 4.90 Å². The predicted octanol–water partition coefficient (Wildman–Crippen LogP) is 1.76. The second-order valence-corrected chi connectivity index (χ2v) is 5.94. The van der Waals surface area contributed by atoms with Crippen LogP contribution in [0.25, 0.3) is 0 Å². The highest BCUT2D eigenvalue weighted by atomic mass is 19.4. The number of piperidine rings is 1. The summed E-state index contributed by atoms with van der Waals surface area (Å²) in [7, 11) is 0. The summed E-state index contributed by atoms with van der Waals surface area (Å²) in [5.41, 5.74) is -2.15. The van der Waals surface area contributed by atoms with Gasteiger partial charge in [0, 0.05) is 13.1 Å². The zero-order chi connectivity index (χ0) is 17.4. The fourth-order valence-electron chi connectivity index (χ4n) is 2.79. The van der Waals surface area contributed by atoms with E-state index in [4.69, 9.17) is 4.52 Å². The molecule has 0 bridgehead atoms. The maximum Gasteiger partial charge on any atom is 0.435 e.